The van der Waals surface area contributed by atoms with Crippen LogP contribution in [0.4, 0.5) is 11.4 Å². The van der Waals surface area contributed by atoms with Gasteiger partial charge in [-0.05, 0) is 61.4 Å². The van der Waals surface area contributed by atoms with Crippen molar-refractivity contribution in [1.29, 1.82) is 0 Å². The quantitative estimate of drug-likeness (QED) is 0.431. The lowest BCUT2D eigenvalue weighted by atomic mass is 9.68. The van der Waals surface area contributed by atoms with Gasteiger partial charge in [-0.1, -0.05) is 45.2 Å². The molecule has 2 aromatic rings. The molecule has 0 atom stereocenters. The molecule has 31 heavy (non-hydrogen) atoms. The van der Waals surface area contributed by atoms with Gasteiger partial charge in [-0.3, -0.25) is 14.9 Å². The zero-order valence-electron chi connectivity index (χ0n) is 18.9. The van der Waals surface area contributed by atoms with Crippen molar-refractivity contribution in [2.24, 2.45) is 5.92 Å². The van der Waals surface area contributed by atoms with E-state index in [0.717, 1.165) is 60.2 Å². The van der Waals surface area contributed by atoms with Crippen molar-refractivity contribution in [1.82, 2.24) is 0 Å². The summed E-state index contributed by atoms with van der Waals surface area (Å²) in [5.41, 5.74) is 2.96. The zero-order chi connectivity index (χ0) is 22.6. The van der Waals surface area contributed by atoms with Crippen LogP contribution < -0.4 is 10.1 Å². The number of aryl methyl sites for hydroxylation is 2. The van der Waals surface area contributed by atoms with Gasteiger partial charge in [0.05, 0.1) is 16.9 Å². The van der Waals surface area contributed by atoms with Crippen molar-refractivity contribution in [2.45, 2.75) is 65.2 Å². The molecule has 1 saturated carbocycles. The molecule has 6 heteroatoms. The highest BCUT2D eigenvalue weighted by molar-refractivity contribution is 5.99. The van der Waals surface area contributed by atoms with Crippen molar-refractivity contribution in [3.05, 3.63) is 63.2 Å². The van der Waals surface area contributed by atoms with Crippen LogP contribution in [-0.4, -0.2) is 17.4 Å². The number of hydrogen-bond donors (Lipinski definition) is 1. The van der Waals surface area contributed by atoms with Crippen LogP contribution in [0.2, 0.25) is 0 Å². The molecule has 0 bridgehead atoms. The number of nitro groups is 1. The van der Waals surface area contributed by atoms with Gasteiger partial charge >= 0.3 is 0 Å². The number of nitrogens with one attached hydrogen (secondary N) is 1. The van der Waals surface area contributed by atoms with Gasteiger partial charge in [0, 0.05) is 17.8 Å². The first-order valence-electron chi connectivity index (χ1n) is 11.0. The van der Waals surface area contributed by atoms with Crippen LogP contribution >= 0.6 is 0 Å². The third-order valence-electron chi connectivity index (χ3n) is 6.05. The average Bonchev–Trinajstić information content (AvgIpc) is 2.73. The van der Waals surface area contributed by atoms with E-state index in [1.807, 2.05) is 26.0 Å². The Morgan fingerprint density at radius 2 is 1.68 bits per heavy atom. The number of carbonyl (C=O) groups excluding carboxylic acids is 1. The normalized spacial score (nSPS) is 15.5. The molecule has 1 fully saturated rings. The number of benzene rings is 2. The standard InChI is InChI=1S/C25H32N2O4/c1-17(2)16-31-23-18(3)14-21(15-19(23)4)26-24(28)25(12-6-5-7-13-25)20-8-10-22(11-9-20)27(29)30/h8-11,14-15,17H,5-7,12-13,16H2,1-4H3,(H,26,28). The first kappa shape index (κ1) is 22.8. The Labute approximate surface area is 184 Å². The van der Waals surface area contributed by atoms with Crippen LogP contribution in [0.3, 0.4) is 0 Å². The molecular formula is C25H32N2O4. The van der Waals surface area contributed by atoms with E-state index in [4.69, 9.17) is 4.74 Å². The number of ether oxygens (including phenoxy) is 1. The van der Waals surface area contributed by atoms with E-state index in [1.54, 1.807) is 12.1 Å². The SMILES string of the molecule is Cc1cc(NC(=O)C2(c3ccc([N+](=O)[O-])cc3)CCCCC2)cc(C)c1OCC(C)C. The predicted octanol–water partition coefficient (Wildman–Crippen LogP) is 6.09. The van der Waals surface area contributed by atoms with Gasteiger partial charge < -0.3 is 10.1 Å². The van der Waals surface area contributed by atoms with Gasteiger partial charge in [0.25, 0.3) is 5.69 Å². The molecule has 3 rings (SSSR count). The maximum absolute atomic E-state index is 13.6. The molecule has 0 aromatic heterocycles. The van der Waals surface area contributed by atoms with Gasteiger partial charge in [-0.25, -0.2) is 0 Å². The number of anilines is 1. The van der Waals surface area contributed by atoms with Gasteiger partial charge in [-0.2, -0.15) is 0 Å². The fourth-order valence-corrected chi connectivity index (χ4v) is 4.46. The Morgan fingerprint density at radius 3 is 2.19 bits per heavy atom. The number of amides is 1. The lowest BCUT2D eigenvalue weighted by Crippen LogP contribution is -2.42. The smallest absolute Gasteiger partial charge is 0.269 e. The molecule has 166 valence electrons. The Balaban J connectivity index is 1.87. The Morgan fingerprint density at radius 1 is 1.10 bits per heavy atom. The minimum absolute atomic E-state index is 0.0401. The molecule has 0 aliphatic heterocycles. The maximum Gasteiger partial charge on any atom is 0.269 e. The van der Waals surface area contributed by atoms with E-state index in [0.29, 0.717) is 12.5 Å². The Bertz CT molecular complexity index is 921. The summed E-state index contributed by atoms with van der Waals surface area (Å²) < 4.78 is 5.96. The van der Waals surface area contributed by atoms with Crippen LogP contribution in [0.5, 0.6) is 5.75 Å². The fraction of sp³-hybridized carbons (Fsp3) is 0.480. The lowest BCUT2D eigenvalue weighted by molar-refractivity contribution is -0.384. The van der Waals surface area contributed by atoms with E-state index in [2.05, 4.69) is 19.2 Å². The lowest BCUT2D eigenvalue weighted by Gasteiger charge is -2.36. The first-order valence-corrected chi connectivity index (χ1v) is 11.0. The monoisotopic (exact) mass is 424 g/mol. The van der Waals surface area contributed by atoms with E-state index in [9.17, 15) is 14.9 Å². The molecule has 1 aliphatic rings. The number of nitrogens with zero attached hydrogens (tertiary/aromatic N) is 1. The average molecular weight is 425 g/mol. The summed E-state index contributed by atoms with van der Waals surface area (Å²) in [4.78, 5) is 24.2. The van der Waals surface area contributed by atoms with E-state index >= 15 is 0 Å². The molecule has 1 aliphatic carbocycles. The number of carbonyl (C=O) groups is 1. The number of hydrogen-bond acceptors (Lipinski definition) is 4. The van der Waals surface area contributed by atoms with Gasteiger partial charge in [0.15, 0.2) is 0 Å². The van der Waals surface area contributed by atoms with Crippen LogP contribution in [0, 0.1) is 29.9 Å². The maximum atomic E-state index is 13.6. The van der Waals surface area contributed by atoms with Gasteiger partial charge in [-0.15, -0.1) is 0 Å². The van der Waals surface area contributed by atoms with Crippen LogP contribution in [0.1, 0.15) is 62.6 Å². The molecule has 0 heterocycles. The molecule has 1 amide bonds. The molecule has 1 N–H and O–H groups in total. The van der Waals surface area contributed by atoms with Crippen molar-refractivity contribution in [2.75, 3.05) is 11.9 Å². The van der Waals surface area contributed by atoms with E-state index in [1.165, 1.54) is 12.1 Å². The van der Waals surface area contributed by atoms with Crippen LogP contribution in [0.15, 0.2) is 36.4 Å². The molecule has 6 nitrogen and oxygen atoms in total. The largest absolute Gasteiger partial charge is 0.493 e. The molecule has 0 unspecified atom stereocenters. The van der Waals surface area contributed by atoms with Crippen molar-refractivity contribution in [3.63, 3.8) is 0 Å². The summed E-state index contributed by atoms with van der Waals surface area (Å²) in [6, 6.07) is 10.4. The summed E-state index contributed by atoms with van der Waals surface area (Å²) in [5.74, 6) is 1.26. The fourth-order valence-electron chi connectivity index (χ4n) is 4.46. The second-order valence-electron chi connectivity index (χ2n) is 9.04. The minimum Gasteiger partial charge on any atom is -0.493 e. The van der Waals surface area contributed by atoms with E-state index in [-0.39, 0.29) is 11.6 Å². The van der Waals surface area contributed by atoms with Crippen molar-refractivity contribution >= 4 is 17.3 Å². The first-order chi connectivity index (χ1) is 14.7. The molecule has 0 spiro atoms. The van der Waals surface area contributed by atoms with Gasteiger partial charge in [0.2, 0.25) is 5.91 Å². The van der Waals surface area contributed by atoms with Crippen molar-refractivity contribution in [3.8, 4) is 5.75 Å². The Hall–Kier alpha value is -2.89. The number of nitro benzene ring substituents is 1. The molecule has 2 aromatic carbocycles. The number of rotatable bonds is 7. The minimum atomic E-state index is -0.665. The van der Waals surface area contributed by atoms with Crippen molar-refractivity contribution < 1.29 is 14.5 Å². The second kappa shape index (κ2) is 9.50. The summed E-state index contributed by atoms with van der Waals surface area (Å²) in [7, 11) is 0. The highest BCUT2D eigenvalue weighted by atomic mass is 16.6. The second-order valence-corrected chi connectivity index (χ2v) is 9.04. The summed E-state index contributed by atoms with van der Waals surface area (Å²) >= 11 is 0. The number of non-ortho nitro benzene ring substituents is 1. The van der Waals surface area contributed by atoms with Crippen LogP contribution in [0.25, 0.3) is 0 Å². The van der Waals surface area contributed by atoms with Crippen LogP contribution in [-0.2, 0) is 10.2 Å². The summed E-state index contributed by atoms with van der Waals surface area (Å²) in [6.07, 6.45) is 4.51. The third-order valence-corrected chi connectivity index (χ3v) is 6.05. The Kier molecular flexibility index (Phi) is 6.98. The molecular weight excluding hydrogens is 392 g/mol. The summed E-state index contributed by atoms with van der Waals surface area (Å²) in [5, 5.41) is 14.2. The third kappa shape index (κ3) is 5.06. The van der Waals surface area contributed by atoms with E-state index < -0.39 is 10.3 Å². The topological polar surface area (TPSA) is 81.5 Å². The molecule has 0 saturated heterocycles. The molecule has 0 radical (unpaired) electrons. The zero-order valence-corrected chi connectivity index (χ0v) is 18.9. The highest BCUT2D eigenvalue weighted by Crippen LogP contribution is 2.41. The van der Waals surface area contributed by atoms with Gasteiger partial charge in [0.1, 0.15) is 5.75 Å². The highest BCUT2D eigenvalue weighted by Gasteiger charge is 2.41. The summed E-state index contributed by atoms with van der Waals surface area (Å²) in [6.45, 7) is 8.86. The predicted molar refractivity (Wildman–Crippen MR) is 123 cm³/mol.